The molecule has 0 radical (unpaired) electrons. The highest BCUT2D eigenvalue weighted by molar-refractivity contribution is 7.98. The third-order valence-corrected chi connectivity index (χ3v) is 5.50. The summed E-state index contributed by atoms with van der Waals surface area (Å²) in [4.78, 5) is 0. The number of thioether (sulfide) groups is 1. The van der Waals surface area contributed by atoms with Crippen molar-refractivity contribution < 1.29 is 9.13 Å². The molecule has 7 heteroatoms. The highest BCUT2D eigenvalue weighted by Gasteiger charge is 2.18. The minimum absolute atomic E-state index is 0.363. The number of halogens is 1. The van der Waals surface area contributed by atoms with Crippen LogP contribution in [0.4, 0.5) is 4.39 Å². The van der Waals surface area contributed by atoms with E-state index in [1.807, 2.05) is 47.0 Å². The molecule has 4 rings (SSSR count). The van der Waals surface area contributed by atoms with E-state index in [0.717, 1.165) is 17.0 Å². The molecule has 5 nitrogen and oxygen atoms in total. The van der Waals surface area contributed by atoms with Crippen LogP contribution in [0.5, 0.6) is 5.75 Å². The number of benzene rings is 3. The number of hydrogen-bond acceptors (Lipinski definition) is 5. The Morgan fingerprint density at radius 2 is 1.83 bits per heavy atom. The van der Waals surface area contributed by atoms with E-state index in [2.05, 4.69) is 16.3 Å². The highest BCUT2D eigenvalue weighted by atomic mass is 32.2. The Hall–Kier alpha value is -3.63. The molecule has 0 amide bonds. The maximum Gasteiger partial charge on any atom is 0.196 e. The molecule has 0 aliphatic carbocycles. The predicted octanol–water partition coefficient (Wildman–Crippen LogP) is 5.25. The number of methoxy groups -OCH3 is 1. The van der Waals surface area contributed by atoms with Crippen molar-refractivity contribution in [2.24, 2.45) is 0 Å². The first-order valence-corrected chi connectivity index (χ1v) is 10.1. The normalized spacial score (nSPS) is 10.6. The van der Waals surface area contributed by atoms with Crippen molar-refractivity contribution in [2.75, 3.05) is 7.11 Å². The van der Waals surface area contributed by atoms with Crippen LogP contribution in [0.3, 0.4) is 0 Å². The Labute approximate surface area is 177 Å². The van der Waals surface area contributed by atoms with E-state index in [1.54, 1.807) is 31.4 Å². The zero-order valence-corrected chi connectivity index (χ0v) is 16.9. The van der Waals surface area contributed by atoms with E-state index in [-0.39, 0.29) is 5.82 Å². The fourth-order valence-corrected chi connectivity index (χ4v) is 3.92. The van der Waals surface area contributed by atoms with Gasteiger partial charge in [0, 0.05) is 5.75 Å². The smallest absolute Gasteiger partial charge is 0.196 e. The highest BCUT2D eigenvalue weighted by Crippen LogP contribution is 2.31. The van der Waals surface area contributed by atoms with Gasteiger partial charge in [-0.05, 0) is 54.1 Å². The van der Waals surface area contributed by atoms with Crippen molar-refractivity contribution in [1.82, 2.24) is 14.8 Å². The molecular formula is C23H17FN4OS. The third-order valence-electron chi connectivity index (χ3n) is 4.50. The molecule has 0 saturated carbocycles. The third kappa shape index (κ3) is 4.04. The molecule has 0 spiro atoms. The molecule has 30 heavy (non-hydrogen) atoms. The fraction of sp³-hybridized carbons (Fsp3) is 0.0870. The Balaban J connectivity index is 1.74. The molecule has 4 aromatic rings. The van der Waals surface area contributed by atoms with Crippen molar-refractivity contribution in [2.45, 2.75) is 10.9 Å². The number of aromatic nitrogens is 3. The lowest BCUT2D eigenvalue weighted by Crippen LogP contribution is -2.01. The van der Waals surface area contributed by atoms with Gasteiger partial charge in [-0.25, -0.2) is 4.39 Å². The first-order chi connectivity index (χ1) is 14.7. The SMILES string of the molecule is COc1ccc(-n2c(SCc3cccc(C#N)c3)nnc2-c2ccccc2F)cc1. The van der Waals surface area contributed by atoms with Crippen LogP contribution in [0.25, 0.3) is 17.1 Å². The summed E-state index contributed by atoms with van der Waals surface area (Å²) in [6.45, 7) is 0. The quantitative estimate of drug-likeness (QED) is 0.402. The second-order valence-electron chi connectivity index (χ2n) is 6.42. The summed E-state index contributed by atoms with van der Waals surface area (Å²) in [5.74, 6) is 1.38. The average Bonchev–Trinajstić information content (AvgIpc) is 3.22. The predicted molar refractivity (Wildman–Crippen MR) is 114 cm³/mol. The molecule has 0 saturated heterocycles. The van der Waals surface area contributed by atoms with Crippen LogP contribution < -0.4 is 4.74 Å². The summed E-state index contributed by atoms with van der Waals surface area (Å²) >= 11 is 1.47. The first kappa shape index (κ1) is 19.7. The largest absolute Gasteiger partial charge is 0.497 e. The van der Waals surface area contributed by atoms with Crippen LogP contribution in [0.2, 0.25) is 0 Å². The molecule has 148 valence electrons. The summed E-state index contributed by atoms with van der Waals surface area (Å²) in [6.07, 6.45) is 0. The summed E-state index contributed by atoms with van der Waals surface area (Å²) in [5.41, 5.74) is 2.78. The van der Waals surface area contributed by atoms with Crippen molar-refractivity contribution in [3.8, 4) is 28.9 Å². The lowest BCUT2D eigenvalue weighted by molar-refractivity contribution is 0.414. The van der Waals surface area contributed by atoms with Gasteiger partial charge in [0.25, 0.3) is 0 Å². The van der Waals surface area contributed by atoms with Crippen LogP contribution >= 0.6 is 11.8 Å². The van der Waals surface area contributed by atoms with E-state index >= 15 is 0 Å². The van der Waals surface area contributed by atoms with Crippen molar-refractivity contribution >= 4 is 11.8 Å². The minimum Gasteiger partial charge on any atom is -0.497 e. The molecular weight excluding hydrogens is 399 g/mol. The number of nitriles is 1. The Bertz CT molecular complexity index is 1210. The molecule has 0 aliphatic heterocycles. The fourth-order valence-electron chi connectivity index (χ4n) is 3.02. The van der Waals surface area contributed by atoms with Crippen molar-refractivity contribution in [3.63, 3.8) is 0 Å². The van der Waals surface area contributed by atoms with Crippen LogP contribution in [0.1, 0.15) is 11.1 Å². The molecule has 1 aromatic heterocycles. The zero-order chi connectivity index (χ0) is 20.9. The first-order valence-electron chi connectivity index (χ1n) is 9.16. The van der Waals surface area contributed by atoms with Gasteiger partial charge in [-0.2, -0.15) is 5.26 Å². The van der Waals surface area contributed by atoms with Gasteiger partial charge in [0.05, 0.1) is 30.0 Å². The van der Waals surface area contributed by atoms with E-state index in [0.29, 0.717) is 27.9 Å². The van der Waals surface area contributed by atoms with Crippen LogP contribution in [0.15, 0.2) is 78.0 Å². The minimum atomic E-state index is -0.363. The number of hydrogen-bond donors (Lipinski definition) is 0. The molecule has 0 N–H and O–H groups in total. The van der Waals surface area contributed by atoms with E-state index in [1.165, 1.54) is 17.8 Å². The van der Waals surface area contributed by atoms with Gasteiger partial charge >= 0.3 is 0 Å². The maximum atomic E-state index is 14.5. The number of rotatable bonds is 6. The van der Waals surface area contributed by atoms with Gasteiger partial charge < -0.3 is 4.74 Å². The van der Waals surface area contributed by atoms with E-state index in [4.69, 9.17) is 10.00 Å². The maximum absolute atomic E-state index is 14.5. The summed E-state index contributed by atoms with van der Waals surface area (Å²) < 4.78 is 21.6. The lowest BCUT2D eigenvalue weighted by atomic mass is 10.2. The standard InChI is InChI=1S/C23H17FN4OS/c1-29-19-11-9-18(10-12-19)28-22(20-7-2-3-8-21(20)24)26-27-23(28)30-15-17-6-4-5-16(13-17)14-25/h2-13H,15H2,1H3. The van der Waals surface area contributed by atoms with Crippen LogP contribution in [0, 0.1) is 17.1 Å². The average molecular weight is 416 g/mol. The second-order valence-corrected chi connectivity index (χ2v) is 7.36. The number of ether oxygens (including phenoxy) is 1. The molecule has 0 atom stereocenters. The van der Waals surface area contributed by atoms with Crippen molar-refractivity contribution in [3.05, 3.63) is 89.7 Å². The van der Waals surface area contributed by atoms with Gasteiger partial charge in [-0.15, -0.1) is 10.2 Å². The van der Waals surface area contributed by atoms with Gasteiger partial charge in [-0.3, -0.25) is 4.57 Å². The Morgan fingerprint density at radius 3 is 2.57 bits per heavy atom. The van der Waals surface area contributed by atoms with E-state index < -0.39 is 0 Å². The molecule has 3 aromatic carbocycles. The van der Waals surface area contributed by atoms with Crippen LogP contribution in [-0.2, 0) is 5.75 Å². The lowest BCUT2D eigenvalue weighted by Gasteiger charge is -2.11. The van der Waals surface area contributed by atoms with Gasteiger partial charge in [0.2, 0.25) is 0 Å². The van der Waals surface area contributed by atoms with Crippen molar-refractivity contribution in [1.29, 1.82) is 5.26 Å². The molecule has 0 bridgehead atoms. The topological polar surface area (TPSA) is 63.7 Å². The number of nitrogens with zero attached hydrogens (tertiary/aromatic N) is 4. The van der Waals surface area contributed by atoms with Gasteiger partial charge in [0.15, 0.2) is 11.0 Å². The second kappa shape index (κ2) is 8.80. The summed E-state index contributed by atoms with van der Waals surface area (Å²) in [7, 11) is 1.61. The van der Waals surface area contributed by atoms with E-state index in [9.17, 15) is 4.39 Å². The summed E-state index contributed by atoms with van der Waals surface area (Å²) in [6, 6.07) is 23.5. The monoisotopic (exact) mass is 416 g/mol. The zero-order valence-electron chi connectivity index (χ0n) is 16.1. The van der Waals surface area contributed by atoms with Gasteiger partial charge in [0.1, 0.15) is 11.6 Å². The summed E-state index contributed by atoms with van der Waals surface area (Å²) in [5, 5.41) is 18.3. The molecule has 0 aliphatic rings. The van der Waals surface area contributed by atoms with Crippen LogP contribution in [-0.4, -0.2) is 21.9 Å². The molecule has 0 fully saturated rings. The molecule has 1 heterocycles. The Morgan fingerprint density at radius 1 is 1.03 bits per heavy atom. The van der Waals surface area contributed by atoms with Gasteiger partial charge in [-0.1, -0.05) is 36.0 Å². The Kier molecular flexibility index (Phi) is 5.77. The molecule has 0 unspecified atom stereocenters.